The summed E-state index contributed by atoms with van der Waals surface area (Å²) in [5.41, 5.74) is 0.603. The summed E-state index contributed by atoms with van der Waals surface area (Å²) in [5.74, 6) is -0.254. The van der Waals surface area contributed by atoms with Gasteiger partial charge in [0.15, 0.2) is 5.78 Å². The maximum Gasteiger partial charge on any atom is 0.261 e. The van der Waals surface area contributed by atoms with Gasteiger partial charge in [-0.2, -0.15) is 0 Å². The molecular weight excluding hydrogens is 323 g/mol. The summed E-state index contributed by atoms with van der Waals surface area (Å²) >= 11 is 11.9. The number of Topliss-reactive ketones (excluding diaryl/α,β-unsaturated/α-hetero) is 1. The minimum Gasteiger partial charge on any atom is -0.292 e. The third-order valence-corrected chi connectivity index (χ3v) is 3.84. The minimum atomic E-state index is -0.312. The highest BCUT2D eigenvalue weighted by molar-refractivity contribution is 6.34. The molecule has 1 heterocycles. The Kier molecular flexibility index (Phi) is 3.96. The number of hydrogen-bond donors (Lipinski definition) is 0. The van der Waals surface area contributed by atoms with E-state index in [2.05, 4.69) is 4.98 Å². The molecule has 0 aliphatic heterocycles. The molecule has 3 aromatic rings. The van der Waals surface area contributed by atoms with Crippen molar-refractivity contribution in [2.24, 2.45) is 0 Å². The van der Waals surface area contributed by atoms with Crippen molar-refractivity contribution in [1.82, 2.24) is 9.55 Å². The van der Waals surface area contributed by atoms with Crippen LogP contribution >= 0.6 is 23.2 Å². The van der Waals surface area contributed by atoms with Gasteiger partial charge in [0.25, 0.3) is 5.56 Å². The second-order valence-electron chi connectivity index (χ2n) is 4.74. The fourth-order valence-corrected chi connectivity index (χ4v) is 2.58. The van der Waals surface area contributed by atoms with Gasteiger partial charge in [-0.1, -0.05) is 35.3 Å². The van der Waals surface area contributed by atoms with Crippen LogP contribution in [0.15, 0.2) is 53.6 Å². The van der Waals surface area contributed by atoms with E-state index in [0.717, 1.165) is 0 Å². The molecule has 110 valence electrons. The van der Waals surface area contributed by atoms with E-state index in [9.17, 15) is 9.59 Å². The lowest BCUT2D eigenvalue weighted by Gasteiger charge is -2.07. The van der Waals surface area contributed by atoms with Gasteiger partial charge in [-0.05, 0) is 30.3 Å². The van der Waals surface area contributed by atoms with Crippen LogP contribution in [0.5, 0.6) is 0 Å². The standard InChI is InChI=1S/C16H10Cl2N2O2/c17-10-5-6-14-12(7-10)16(22)20(9-19-14)8-15(21)11-3-1-2-4-13(11)18/h1-7,9H,8H2. The van der Waals surface area contributed by atoms with Crippen LogP contribution in [0.3, 0.4) is 0 Å². The molecule has 0 bridgehead atoms. The van der Waals surface area contributed by atoms with Gasteiger partial charge >= 0.3 is 0 Å². The van der Waals surface area contributed by atoms with Gasteiger partial charge in [0.1, 0.15) is 0 Å². The van der Waals surface area contributed by atoms with Crippen LogP contribution in [0, 0.1) is 0 Å². The Balaban J connectivity index is 2.01. The number of rotatable bonds is 3. The smallest absolute Gasteiger partial charge is 0.261 e. The first kappa shape index (κ1) is 14.8. The molecule has 6 heteroatoms. The zero-order valence-corrected chi connectivity index (χ0v) is 12.8. The molecule has 0 aliphatic rings. The zero-order chi connectivity index (χ0) is 15.7. The normalized spacial score (nSPS) is 10.8. The summed E-state index contributed by atoms with van der Waals surface area (Å²) < 4.78 is 1.25. The van der Waals surface area contributed by atoms with Gasteiger partial charge in [-0.15, -0.1) is 0 Å². The monoisotopic (exact) mass is 332 g/mol. The van der Waals surface area contributed by atoms with Crippen molar-refractivity contribution in [2.75, 3.05) is 0 Å². The molecule has 0 N–H and O–H groups in total. The van der Waals surface area contributed by atoms with E-state index < -0.39 is 0 Å². The van der Waals surface area contributed by atoms with Crippen LogP contribution in [0.2, 0.25) is 10.0 Å². The lowest BCUT2D eigenvalue weighted by molar-refractivity contribution is 0.0971. The molecule has 1 aromatic heterocycles. The SMILES string of the molecule is O=C(Cn1cnc2ccc(Cl)cc2c1=O)c1ccccc1Cl. The van der Waals surface area contributed by atoms with E-state index in [1.807, 2.05) is 0 Å². The number of benzene rings is 2. The fraction of sp³-hybridized carbons (Fsp3) is 0.0625. The predicted molar refractivity (Wildman–Crippen MR) is 86.8 cm³/mol. The van der Waals surface area contributed by atoms with Gasteiger partial charge in [-0.3, -0.25) is 14.2 Å². The molecule has 4 nitrogen and oxygen atoms in total. The first-order chi connectivity index (χ1) is 10.6. The number of carbonyl (C=O) groups is 1. The van der Waals surface area contributed by atoms with Crippen molar-refractivity contribution in [2.45, 2.75) is 6.54 Å². The topological polar surface area (TPSA) is 52.0 Å². The van der Waals surface area contributed by atoms with Crippen LogP contribution in [-0.2, 0) is 6.54 Å². The highest BCUT2D eigenvalue weighted by Crippen LogP contribution is 2.17. The first-order valence-electron chi connectivity index (χ1n) is 6.48. The Morgan fingerprint density at radius 1 is 1.14 bits per heavy atom. The third kappa shape index (κ3) is 2.75. The molecule has 0 atom stereocenters. The summed E-state index contributed by atoms with van der Waals surface area (Å²) in [7, 11) is 0. The largest absolute Gasteiger partial charge is 0.292 e. The number of aromatic nitrogens is 2. The Labute approximate surface area is 135 Å². The number of ketones is 1. The molecule has 0 unspecified atom stereocenters. The number of halogens is 2. The summed E-state index contributed by atoms with van der Waals surface area (Å²) in [6.45, 7) is -0.127. The van der Waals surface area contributed by atoms with Gasteiger partial charge < -0.3 is 0 Å². The highest BCUT2D eigenvalue weighted by atomic mass is 35.5. The van der Waals surface area contributed by atoms with Crippen LogP contribution < -0.4 is 5.56 Å². The highest BCUT2D eigenvalue weighted by Gasteiger charge is 2.12. The average Bonchev–Trinajstić information content (AvgIpc) is 2.51. The average molecular weight is 333 g/mol. The van der Waals surface area contributed by atoms with Crippen molar-refractivity contribution < 1.29 is 4.79 Å². The molecular formula is C16H10Cl2N2O2. The Morgan fingerprint density at radius 2 is 1.91 bits per heavy atom. The Morgan fingerprint density at radius 3 is 2.68 bits per heavy atom. The molecule has 0 aliphatic carbocycles. The van der Waals surface area contributed by atoms with Crippen molar-refractivity contribution >= 4 is 39.9 Å². The summed E-state index contributed by atoms with van der Waals surface area (Å²) in [4.78, 5) is 28.9. The Bertz CT molecular complexity index is 935. The van der Waals surface area contributed by atoms with Gasteiger partial charge in [0, 0.05) is 10.6 Å². The number of nitrogens with zero attached hydrogens (tertiary/aromatic N) is 2. The first-order valence-corrected chi connectivity index (χ1v) is 7.24. The maximum atomic E-state index is 12.4. The van der Waals surface area contributed by atoms with Crippen LogP contribution in [0.25, 0.3) is 10.9 Å². The van der Waals surface area contributed by atoms with E-state index in [1.165, 1.54) is 10.9 Å². The molecule has 3 rings (SSSR count). The molecule has 22 heavy (non-hydrogen) atoms. The fourth-order valence-electron chi connectivity index (χ4n) is 2.17. The van der Waals surface area contributed by atoms with Crippen molar-refractivity contribution in [3.8, 4) is 0 Å². The Hall–Kier alpha value is -2.17. The van der Waals surface area contributed by atoms with Crippen LogP contribution in [0.1, 0.15) is 10.4 Å². The molecule has 0 fully saturated rings. The van der Waals surface area contributed by atoms with E-state index in [4.69, 9.17) is 23.2 Å². The van der Waals surface area contributed by atoms with Crippen molar-refractivity contribution in [3.63, 3.8) is 0 Å². The van der Waals surface area contributed by atoms with E-state index in [-0.39, 0.29) is 17.9 Å². The van der Waals surface area contributed by atoms with E-state index in [0.29, 0.717) is 26.5 Å². The van der Waals surface area contributed by atoms with Gasteiger partial charge in [-0.25, -0.2) is 4.98 Å². The molecule has 0 amide bonds. The maximum absolute atomic E-state index is 12.4. The molecule has 0 spiro atoms. The minimum absolute atomic E-state index is 0.127. The third-order valence-electron chi connectivity index (χ3n) is 3.27. The summed E-state index contributed by atoms with van der Waals surface area (Å²) in [6, 6.07) is 11.6. The van der Waals surface area contributed by atoms with Gasteiger partial charge in [0.05, 0.1) is 28.8 Å². The van der Waals surface area contributed by atoms with E-state index in [1.54, 1.807) is 42.5 Å². The van der Waals surface area contributed by atoms with Crippen molar-refractivity contribution in [1.29, 1.82) is 0 Å². The zero-order valence-electron chi connectivity index (χ0n) is 11.3. The molecule has 0 saturated heterocycles. The molecule has 0 saturated carbocycles. The number of fused-ring (bicyclic) bond motifs is 1. The summed E-state index contributed by atoms with van der Waals surface area (Å²) in [6.07, 6.45) is 1.35. The lowest BCUT2D eigenvalue weighted by Crippen LogP contribution is -2.24. The van der Waals surface area contributed by atoms with Crippen LogP contribution in [0.4, 0.5) is 0 Å². The number of hydrogen-bond acceptors (Lipinski definition) is 3. The quantitative estimate of drug-likeness (QED) is 0.689. The summed E-state index contributed by atoms with van der Waals surface area (Å²) in [5, 5.41) is 1.18. The van der Waals surface area contributed by atoms with Crippen LogP contribution in [-0.4, -0.2) is 15.3 Å². The predicted octanol–water partition coefficient (Wildman–Crippen LogP) is 3.59. The lowest BCUT2D eigenvalue weighted by atomic mass is 10.1. The molecule has 0 radical (unpaired) electrons. The molecule has 2 aromatic carbocycles. The van der Waals surface area contributed by atoms with E-state index >= 15 is 0 Å². The number of carbonyl (C=O) groups excluding carboxylic acids is 1. The van der Waals surface area contributed by atoms with Gasteiger partial charge in [0.2, 0.25) is 0 Å². The van der Waals surface area contributed by atoms with Crippen molar-refractivity contribution in [3.05, 3.63) is 74.8 Å². The second kappa shape index (κ2) is 5.91. The second-order valence-corrected chi connectivity index (χ2v) is 5.59.